The van der Waals surface area contributed by atoms with E-state index in [2.05, 4.69) is 11.9 Å². The maximum Gasteiger partial charge on any atom is 0.338 e. The van der Waals surface area contributed by atoms with Crippen LogP contribution >= 0.6 is 11.6 Å². The third-order valence-electron chi connectivity index (χ3n) is 4.15. The highest BCUT2D eigenvalue weighted by atomic mass is 35.5. The standard InChI is InChI=1S/C18H20ClN3O6/c1-4-7-21-11(2)15(17(23)28-9-8-27-3)16(20-18(21)24)12-5-6-13(19)14(10-12)22(25)26/h4-6,10,16H,1,7-9H2,2-3H3,(H,20,24)/t16-/m0/s1. The summed E-state index contributed by atoms with van der Waals surface area (Å²) in [6.07, 6.45) is 1.52. The number of esters is 1. The summed E-state index contributed by atoms with van der Waals surface area (Å²) in [5.41, 5.74) is 0.537. The van der Waals surface area contributed by atoms with Gasteiger partial charge in [-0.15, -0.1) is 6.58 Å². The number of nitro benzene ring substituents is 1. The van der Waals surface area contributed by atoms with Crippen LogP contribution in [0.2, 0.25) is 5.02 Å². The molecular formula is C18H20ClN3O6. The third-order valence-corrected chi connectivity index (χ3v) is 4.47. The van der Waals surface area contributed by atoms with Gasteiger partial charge in [0.15, 0.2) is 0 Å². The molecule has 2 rings (SSSR count). The van der Waals surface area contributed by atoms with E-state index in [1.54, 1.807) is 6.92 Å². The number of benzene rings is 1. The van der Waals surface area contributed by atoms with E-state index in [0.717, 1.165) is 0 Å². The maximum absolute atomic E-state index is 12.7. The van der Waals surface area contributed by atoms with Crippen LogP contribution in [0.25, 0.3) is 0 Å². The third kappa shape index (κ3) is 4.49. The molecule has 1 aliphatic heterocycles. The number of halogens is 1. The lowest BCUT2D eigenvalue weighted by Crippen LogP contribution is -2.48. The molecule has 1 atom stereocenters. The summed E-state index contributed by atoms with van der Waals surface area (Å²) in [6, 6.07) is 2.69. The molecule has 1 aromatic rings. The van der Waals surface area contributed by atoms with Crippen molar-refractivity contribution in [3.8, 4) is 0 Å². The lowest BCUT2D eigenvalue weighted by atomic mass is 9.94. The van der Waals surface area contributed by atoms with Crippen LogP contribution in [-0.4, -0.2) is 48.7 Å². The number of carbonyl (C=O) groups is 2. The van der Waals surface area contributed by atoms with Gasteiger partial charge >= 0.3 is 12.0 Å². The number of hydrogen-bond donors (Lipinski definition) is 1. The van der Waals surface area contributed by atoms with Crippen molar-refractivity contribution < 1.29 is 24.0 Å². The summed E-state index contributed by atoms with van der Waals surface area (Å²) in [4.78, 5) is 37.1. The lowest BCUT2D eigenvalue weighted by Gasteiger charge is -2.34. The molecule has 0 bridgehead atoms. The average molecular weight is 410 g/mol. The first kappa shape index (κ1) is 21.4. The molecule has 0 radical (unpaired) electrons. The van der Waals surface area contributed by atoms with Gasteiger partial charge in [0.05, 0.1) is 23.1 Å². The molecule has 9 nitrogen and oxygen atoms in total. The fourth-order valence-corrected chi connectivity index (χ4v) is 2.98. The number of amides is 2. The van der Waals surface area contributed by atoms with Gasteiger partial charge in [0.25, 0.3) is 5.69 Å². The van der Waals surface area contributed by atoms with Gasteiger partial charge in [0.1, 0.15) is 11.6 Å². The van der Waals surface area contributed by atoms with Gasteiger partial charge in [0, 0.05) is 25.4 Å². The summed E-state index contributed by atoms with van der Waals surface area (Å²) in [6.45, 7) is 5.62. The monoisotopic (exact) mass is 409 g/mol. The van der Waals surface area contributed by atoms with E-state index in [9.17, 15) is 19.7 Å². The molecule has 0 saturated carbocycles. The molecule has 0 aliphatic carbocycles. The second-order valence-corrected chi connectivity index (χ2v) is 6.28. The normalized spacial score (nSPS) is 16.6. The Morgan fingerprint density at radius 3 is 2.79 bits per heavy atom. The van der Waals surface area contributed by atoms with Gasteiger partial charge in [0.2, 0.25) is 0 Å². The summed E-state index contributed by atoms with van der Waals surface area (Å²) < 4.78 is 10.1. The molecule has 0 fully saturated rings. The topological polar surface area (TPSA) is 111 Å². The molecule has 1 aliphatic rings. The Hall–Kier alpha value is -2.91. The van der Waals surface area contributed by atoms with Crippen LogP contribution in [0.5, 0.6) is 0 Å². The summed E-state index contributed by atoms with van der Waals surface area (Å²) in [5.74, 6) is -0.661. The fourth-order valence-electron chi connectivity index (χ4n) is 2.79. The second-order valence-electron chi connectivity index (χ2n) is 5.88. The van der Waals surface area contributed by atoms with Crippen molar-refractivity contribution in [3.63, 3.8) is 0 Å². The molecule has 150 valence electrons. The van der Waals surface area contributed by atoms with Crippen LogP contribution in [-0.2, 0) is 14.3 Å². The fraction of sp³-hybridized carbons (Fsp3) is 0.333. The van der Waals surface area contributed by atoms with Crippen LogP contribution < -0.4 is 5.32 Å². The average Bonchev–Trinajstić information content (AvgIpc) is 2.65. The Labute approximate surface area is 166 Å². The second kappa shape index (κ2) is 9.34. The molecule has 10 heteroatoms. The molecule has 1 aromatic carbocycles. The smallest absolute Gasteiger partial charge is 0.338 e. The predicted octanol–water partition coefficient (Wildman–Crippen LogP) is 2.96. The van der Waals surface area contributed by atoms with E-state index in [-0.39, 0.29) is 36.0 Å². The first-order valence-electron chi connectivity index (χ1n) is 8.31. The first-order chi connectivity index (χ1) is 13.3. The van der Waals surface area contributed by atoms with Crippen LogP contribution in [0.1, 0.15) is 18.5 Å². The van der Waals surface area contributed by atoms with Crippen molar-refractivity contribution in [2.75, 3.05) is 26.9 Å². The first-order valence-corrected chi connectivity index (χ1v) is 8.69. The Bertz CT molecular complexity index is 839. The minimum Gasteiger partial charge on any atom is -0.460 e. The number of nitrogens with zero attached hydrogens (tertiary/aromatic N) is 2. The zero-order chi connectivity index (χ0) is 20.8. The highest BCUT2D eigenvalue weighted by Gasteiger charge is 2.36. The van der Waals surface area contributed by atoms with E-state index in [0.29, 0.717) is 11.3 Å². The quantitative estimate of drug-likeness (QED) is 0.232. The van der Waals surface area contributed by atoms with Crippen LogP contribution in [0.4, 0.5) is 10.5 Å². The molecule has 1 N–H and O–H groups in total. The van der Waals surface area contributed by atoms with Crippen LogP contribution in [0, 0.1) is 10.1 Å². The van der Waals surface area contributed by atoms with Crippen molar-refractivity contribution >= 4 is 29.3 Å². The van der Waals surface area contributed by atoms with Crippen molar-refractivity contribution in [3.05, 3.63) is 62.8 Å². The number of allylic oxidation sites excluding steroid dienone is 1. The largest absolute Gasteiger partial charge is 0.460 e. The van der Waals surface area contributed by atoms with Crippen LogP contribution in [0.3, 0.4) is 0 Å². The minimum atomic E-state index is -0.931. The number of methoxy groups -OCH3 is 1. The molecule has 0 saturated heterocycles. The maximum atomic E-state index is 12.7. The highest BCUT2D eigenvalue weighted by molar-refractivity contribution is 6.32. The van der Waals surface area contributed by atoms with E-state index in [4.69, 9.17) is 21.1 Å². The predicted molar refractivity (Wildman–Crippen MR) is 102 cm³/mol. The number of hydrogen-bond acceptors (Lipinski definition) is 6. The number of urea groups is 1. The van der Waals surface area contributed by atoms with Gasteiger partial charge in [-0.3, -0.25) is 15.0 Å². The number of nitrogens with one attached hydrogen (secondary N) is 1. The number of ether oxygens (including phenoxy) is 2. The zero-order valence-corrected chi connectivity index (χ0v) is 16.2. The Morgan fingerprint density at radius 2 is 2.18 bits per heavy atom. The Kier molecular flexibility index (Phi) is 7.13. The van der Waals surface area contributed by atoms with E-state index in [1.165, 1.54) is 36.3 Å². The highest BCUT2D eigenvalue weighted by Crippen LogP contribution is 2.35. The lowest BCUT2D eigenvalue weighted by molar-refractivity contribution is -0.384. The van der Waals surface area contributed by atoms with Gasteiger partial charge in [-0.2, -0.15) is 0 Å². The Morgan fingerprint density at radius 1 is 1.46 bits per heavy atom. The van der Waals surface area contributed by atoms with Gasteiger partial charge in [-0.1, -0.05) is 23.7 Å². The SMILES string of the molecule is C=CCN1C(=O)N[C@@H](c2ccc(Cl)c([N+](=O)[O-])c2)C(C(=O)OCCOC)=C1C. The molecule has 0 spiro atoms. The van der Waals surface area contributed by atoms with Crippen molar-refractivity contribution in [1.29, 1.82) is 0 Å². The molecule has 2 amide bonds. The summed E-state index contributed by atoms with van der Waals surface area (Å²) in [5, 5.41) is 13.9. The van der Waals surface area contributed by atoms with Crippen molar-refractivity contribution in [2.24, 2.45) is 0 Å². The van der Waals surface area contributed by atoms with Gasteiger partial charge < -0.3 is 14.8 Å². The molecule has 0 aromatic heterocycles. The number of carbonyl (C=O) groups excluding carboxylic acids is 2. The van der Waals surface area contributed by atoms with Crippen molar-refractivity contribution in [2.45, 2.75) is 13.0 Å². The van der Waals surface area contributed by atoms with Crippen molar-refractivity contribution in [1.82, 2.24) is 10.2 Å². The number of nitro groups is 1. The zero-order valence-electron chi connectivity index (χ0n) is 15.4. The molecular weight excluding hydrogens is 390 g/mol. The van der Waals surface area contributed by atoms with E-state index >= 15 is 0 Å². The molecule has 0 unspecified atom stereocenters. The van der Waals surface area contributed by atoms with Crippen LogP contribution in [0.15, 0.2) is 42.1 Å². The molecule has 28 heavy (non-hydrogen) atoms. The van der Waals surface area contributed by atoms with Gasteiger partial charge in [-0.25, -0.2) is 9.59 Å². The minimum absolute atomic E-state index is 0.0228. The number of rotatable bonds is 8. The van der Waals surface area contributed by atoms with E-state index in [1.807, 2.05) is 0 Å². The summed E-state index contributed by atoms with van der Waals surface area (Å²) in [7, 11) is 1.47. The molecule has 1 heterocycles. The Balaban J connectivity index is 2.52. The van der Waals surface area contributed by atoms with E-state index < -0.39 is 23.0 Å². The van der Waals surface area contributed by atoms with Gasteiger partial charge in [-0.05, 0) is 18.6 Å². The summed E-state index contributed by atoms with van der Waals surface area (Å²) >= 11 is 5.87.